The average molecular weight is 262 g/mol. The summed E-state index contributed by atoms with van der Waals surface area (Å²) in [4.78, 5) is 12.1. The van der Waals surface area contributed by atoms with Crippen LogP contribution in [0.5, 0.6) is 0 Å². The number of carbonyl (C=O) groups is 1. The summed E-state index contributed by atoms with van der Waals surface area (Å²) < 4.78 is 5.50. The molecule has 0 aromatic heterocycles. The first kappa shape index (κ1) is 13.9. The Morgan fingerprint density at radius 3 is 2.63 bits per heavy atom. The SMILES string of the molecule is CNc1ccc(C(=O)NCC2(OC)CCC2)cc1C. The number of benzene rings is 1. The molecule has 2 rings (SSSR count). The largest absolute Gasteiger partial charge is 0.388 e. The molecule has 19 heavy (non-hydrogen) atoms. The van der Waals surface area contributed by atoms with Gasteiger partial charge in [-0.15, -0.1) is 0 Å². The van der Waals surface area contributed by atoms with Crippen molar-refractivity contribution in [2.45, 2.75) is 31.8 Å². The Balaban J connectivity index is 1.98. The molecule has 1 aliphatic rings. The summed E-state index contributed by atoms with van der Waals surface area (Å²) in [5, 5.41) is 6.07. The molecule has 4 nitrogen and oxygen atoms in total. The van der Waals surface area contributed by atoms with Crippen molar-refractivity contribution in [3.05, 3.63) is 29.3 Å². The number of hydrogen-bond acceptors (Lipinski definition) is 3. The monoisotopic (exact) mass is 262 g/mol. The second-order valence-electron chi connectivity index (χ2n) is 5.20. The van der Waals surface area contributed by atoms with Crippen LogP contribution in [0, 0.1) is 6.92 Å². The maximum atomic E-state index is 12.1. The molecular formula is C15H22N2O2. The molecule has 2 N–H and O–H groups in total. The molecule has 1 aromatic carbocycles. The third-order valence-corrected chi connectivity index (χ3v) is 4.03. The van der Waals surface area contributed by atoms with E-state index in [9.17, 15) is 4.79 Å². The molecule has 4 heteroatoms. The van der Waals surface area contributed by atoms with Gasteiger partial charge in [0.05, 0.1) is 5.60 Å². The van der Waals surface area contributed by atoms with E-state index in [-0.39, 0.29) is 11.5 Å². The molecule has 104 valence electrons. The van der Waals surface area contributed by atoms with Crippen LogP contribution in [-0.2, 0) is 4.74 Å². The minimum Gasteiger partial charge on any atom is -0.388 e. The summed E-state index contributed by atoms with van der Waals surface area (Å²) in [6.07, 6.45) is 3.24. The lowest BCUT2D eigenvalue weighted by Crippen LogP contribution is -2.49. The van der Waals surface area contributed by atoms with Crippen LogP contribution in [0.25, 0.3) is 0 Å². The van der Waals surface area contributed by atoms with E-state index >= 15 is 0 Å². The first-order valence-corrected chi connectivity index (χ1v) is 6.72. The zero-order valence-electron chi connectivity index (χ0n) is 11.9. The summed E-state index contributed by atoms with van der Waals surface area (Å²) in [5.41, 5.74) is 2.68. The number of ether oxygens (including phenoxy) is 1. The van der Waals surface area contributed by atoms with Gasteiger partial charge in [0.2, 0.25) is 0 Å². The fraction of sp³-hybridized carbons (Fsp3) is 0.533. The van der Waals surface area contributed by atoms with E-state index in [4.69, 9.17) is 4.74 Å². The van der Waals surface area contributed by atoms with E-state index < -0.39 is 0 Å². The van der Waals surface area contributed by atoms with Gasteiger partial charge in [-0.05, 0) is 49.9 Å². The fourth-order valence-electron chi connectivity index (χ4n) is 2.45. The van der Waals surface area contributed by atoms with Gasteiger partial charge in [-0.1, -0.05) is 0 Å². The molecule has 1 amide bonds. The topological polar surface area (TPSA) is 50.4 Å². The number of rotatable bonds is 5. The number of nitrogens with one attached hydrogen (secondary N) is 2. The van der Waals surface area contributed by atoms with E-state index in [1.165, 1.54) is 6.42 Å². The first-order chi connectivity index (χ1) is 9.10. The lowest BCUT2D eigenvalue weighted by molar-refractivity contribution is -0.0679. The van der Waals surface area contributed by atoms with E-state index in [0.717, 1.165) is 24.1 Å². The Hall–Kier alpha value is -1.55. The van der Waals surface area contributed by atoms with Crippen molar-refractivity contribution in [1.29, 1.82) is 0 Å². The number of hydrogen-bond donors (Lipinski definition) is 2. The van der Waals surface area contributed by atoms with Crippen LogP contribution in [0.4, 0.5) is 5.69 Å². The van der Waals surface area contributed by atoms with Gasteiger partial charge >= 0.3 is 0 Å². The highest BCUT2D eigenvalue weighted by Gasteiger charge is 2.37. The summed E-state index contributed by atoms with van der Waals surface area (Å²) in [5.74, 6) is -0.0333. The van der Waals surface area contributed by atoms with Crippen LogP contribution in [0.2, 0.25) is 0 Å². The minimum atomic E-state index is -0.129. The summed E-state index contributed by atoms with van der Waals surface area (Å²) in [7, 11) is 3.60. The third kappa shape index (κ3) is 2.89. The molecule has 0 bridgehead atoms. The quantitative estimate of drug-likeness (QED) is 0.856. The van der Waals surface area contributed by atoms with Crippen molar-refractivity contribution in [2.75, 3.05) is 26.0 Å². The number of aryl methyl sites for hydroxylation is 1. The predicted molar refractivity (Wildman–Crippen MR) is 76.6 cm³/mol. The number of amides is 1. The highest BCUT2D eigenvalue weighted by Crippen LogP contribution is 2.34. The highest BCUT2D eigenvalue weighted by atomic mass is 16.5. The number of methoxy groups -OCH3 is 1. The summed E-state index contributed by atoms with van der Waals surface area (Å²) in [6, 6.07) is 5.68. The molecule has 1 aromatic rings. The molecule has 0 atom stereocenters. The maximum Gasteiger partial charge on any atom is 0.251 e. The van der Waals surface area contributed by atoms with Crippen LogP contribution in [-0.4, -0.2) is 32.2 Å². The maximum absolute atomic E-state index is 12.1. The Morgan fingerprint density at radius 1 is 1.42 bits per heavy atom. The lowest BCUT2D eigenvalue weighted by Gasteiger charge is -2.40. The molecule has 1 saturated carbocycles. The molecule has 0 saturated heterocycles. The lowest BCUT2D eigenvalue weighted by atomic mass is 9.80. The van der Waals surface area contributed by atoms with Crippen LogP contribution in [0.15, 0.2) is 18.2 Å². The molecule has 1 fully saturated rings. The zero-order chi connectivity index (χ0) is 13.9. The zero-order valence-corrected chi connectivity index (χ0v) is 11.9. The van der Waals surface area contributed by atoms with Crippen LogP contribution < -0.4 is 10.6 Å². The van der Waals surface area contributed by atoms with Crippen molar-refractivity contribution in [3.63, 3.8) is 0 Å². The Morgan fingerprint density at radius 2 is 2.16 bits per heavy atom. The normalized spacial score (nSPS) is 16.6. The average Bonchev–Trinajstić information content (AvgIpc) is 2.37. The van der Waals surface area contributed by atoms with Gasteiger partial charge in [0, 0.05) is 32.0 Å². The summed E-state index contributed by atoms with van der Waals surface area (Å²) >= 11 is 0. The van der Waals surface area contributed by atoms with Crippen LogP contribution >= 0.6 is 0 Å². The van der Waals surface area contributed by atoms with Gasteiger partial charge in [-0.2, -0.15) is 0 Å². The number of anilines is 1. The van der Waals surface area contributed by atoms with Crippen molar-refractivity contribution in [2.24, 2.45) is 0 Å². The molecule has 0 radical (unpaired) electrons. The Bertz CT molecular complexity index is 462. The predicted octanol–water partition coefficient (Wildman–Crippen LogP) is 2.34. The van der Waals surface area contributed by atoms with Gasteiger partial charge < -0.3 is 15.4 Å². The van der Waals surface area contributed by atoms with E-state index in [1.54, 1.807) is 7.11 Å². The number of carbonyl (C=O) groups excluding carboxylic acids is 1. The Kier molecular flexibility index (Phi) is 4.10. The third-order valence-electron chi connectivity index (χ3n) is 4.03. The first-order valence-electron chi connectivity index (χ1n) is 6.72. The van der Waals surface area contributed by atoms with Gasteiger partial charge in [-0.25, -0.2) is 0 Å². The molecule has 1 aliphatic carbocycles. The molecule has 0 unspecified atom stereocenters. The molecule has 0 heterocycles. The fourth-order valence-corrected chi connectivity index (χ4v) is 2.45. The van der Waals surface area contributed by atoms with E-state index in [2.05, 4.69) is 10.6 Å². The van der Waals surface area contributed by atoms with Gasteiger partial charge in [0.1, 0.15) is 0 Å². The molecular weight excluding hydrogens is 240 g/mol. The standard InChI is InChI=1S/C15H22N2O2/c1-11-9-12(5-6-13(11)16-2)14(18)17-10-15(19-3)7-4-8-15/h5-6,9,16H,4,7-8,10H2,1-3H3,(H,17,18). The minimum absolute atomic E-state index is 0.0333. The summed E-state index contributed by atoms with van der Waals surface area (Å²) in [6.45, 7) is 2.58. The van der Waals surface area contributed by atoms with Gasteiger partial charge in [0.15, 0.2) is 0 Å². The van der Waals surface area contributed by atoms with Crippen molar-refractivity contribution >= 4 is 11.6 Å². The van der Waals surface area contributed by atoms with E-state index in [0.29, 0.717) is 12.1 Å². The highest BCUT2D eigenvalue weighted by molar-refractivity contribution is 5.94. The Labute approximate surface area is 114 Å². The second kappa shape index (κ2) is 5.61. The van der Waals surface area contributed by atoms with Gasteiger partial charge in [0.25, 0.3) is 5.91 Å². The van der Waals surface area contributed by atoms with Crippen molar-refractivity contribution in [3.8, 4) is 0 Å². The molecule has 0 spiro atoms. The smallest absolute Gasteiger partial charge is 0.251 e. The van der Waals surface area contributed by atoms with Crippen LogP contribution in [0.1, 0.15) is 35.2 Å². The van der Waals surface area contributed by atoms with E-state index in [1.807, 2.05) is 32.2 Å². The van der Waals surface area contributed by atoms with Gasteiger partial charge in [-0.3, -0.25) is 4.79 Å². The van der Waals surface area contributed by atoms with Crippen molar-refractivity contribution in [1.82, 2.24) is 5.32 Å². The van der Waals surface area contributed by atoms with Crippen molar-refractivity contribution < 1.29 is 9.53 Å². The van der Waals surface area contributed by atoms with Crippen LogP contribution in [0.3, 0.4) is 0 Å². The molecule has 0 aliphatic heterocycles. The second-order valence-corrected chi connectivity index (χ2v) is 5.20.